The van der Waals surface area contributed by atoms with Gasteiger partial charge in [-0.2, -0.15) is 0 Å². The van der Waals surface area contributed by atoms with Crippen LogP contribution in [0.1, 0.15) is 18.4 Å². The van der Waals surface area contributed by atoms with Crippen LogP contribution in [0.3, 0.4) is 0 Å². The first-order valence-corrected chi connectivity index (χ1v) is 5.92. The molecule has 0 bridgehead atoms. The van der Waals surface area contributed by atoms with Crippen LogP contribution in [0.5, 0.6) is 5.75 Å². The Balaban J connectivity index is 2.11. The average molecular weight is 244 g/mol. The maximum atomic E-state index is 13.5. The molecule has 1 aromatic carbocycles. The number of hydrogen-bond donors (Lipinski definition) is 2. The zero-order valence-electron chi connectivity index (χ0n) is 8.97. The molecule has 0 aliphatic carbocycles. The fourth-order valence-corrected chi connectivity index (χ4v) is 2.33. The SMILES string of the molecule is Oc1cc(F)c(CC2CCCNC2)cc1Cl. The van der Waals surface area contributed by atoms with E-state index >= 15 is 0 Å². The van der Waals surface area contributed by atoms with E-state index in [1.54, 1.807) is 0 Å². The predicted octanol–water partition coefficient (Wildman–Crippen LogP) is 2.73. The van der Waals surface area contributed by atoms with Crippen molar-refractivity contribution in [1.29, 1.82) is 0 Å². The van der Waals surface area contributed by atoms with Crippen molar-refractivity contribution in [2.24, 2.45) is 5.92 Å². The standard InChI is InChI=1S/C12H15ClFNO/c13-10-5-9(11(14)6-12(10)16)4-8-2-1-3-15-7-8/h5-6,8,15-16H,1-4,7H2. The molecule has 1 aliphatic rings. The Kier molecular flexibility index (Phi) is 3.66. The first kappa shape index (κ1) is 11.7. The Morgan fingerprint density at radius 1 is 1.50 bits per heavy atom. The van der Waals surface area contributed by atoms with Gasteiger partial charge in [0.25, 0.3) is 0 Å². The van der Waals surface area contributed by atoms with E-state index < -0.39 is 0 Å². The van der Waals surface area contributed by atoms with Gasteiger partial charge < -0.3 is 10.4 Å². The molecular weight excluding hydrogens is 229 g/mol. The van der Waals surface area contributed by atoms with Crippen molar-refractivity contribution in [3.05, 3.63) is 28.5 Å². The molecule has 2 nitrogen and oxygen atoms in total. The Morgan fingerprint density at radius 3 is 3.00 bits per heavy atom. The Hall–Kier alpha value is -0.800. The monoisotopic (exact) mass is 243 g/mol. The highest BCUT2D eigenvalue weighted by molar-refractivity contribution is 6.32. The van der Waals surface area contributed by atoms with Crippen LogP contribution in [-0.4, -0.2) is 18.2 Å². The molecule has 1 fully saturated rings. The Bertz CT molecular complexity index is 378. The summed E-state index contributed by atoms with van der Waals surface area (Å²) >= 11 is 5.77. The highest BCUT2D eigenvalue weighted by atomic mass is 35.5. The molecule has 0 aromatic heterocycles. The number of aromatic hydroxyl groups is 1. The fraction of sp³-hybridized carbons (Fsp3) is 0.500. The molecule has 1 saturated heterocycles. The second-order valence-corrected chi connectivity index (χ2v) is 4.72. The number of benzene rings is 1. The number of hydrogen-bond acceptors (Lipinski definition) is 2. The van der Waals surface area contributed by atoms with E-state index in [2.05, 4.69) is 5.32 Å². The van der Waals surface area contributed by atoms with Crippen LogP contribution in [-0.2, 0) is 6.42 Å². The smallest absolute Gasteiger partial charge is 0.137 e. The molecule has 1 aliphatic heterocycles. The molecule has 4 heteroatoms. The van der Waals surface area contributed by atoms with Crippen LogP contribution >= 0.6 is 11.6 Å². The summed E-state index contributed by atoms with van der Waals surface area (Å²) in [5.41, 5.74) is 0.594. The van der Waals surface area contributed by atoms with Crippen LogP contribution in [0.4, 0.5) is 4.39 Å². The Labute approximate surface area is 99.4 Å². The summed E-state index contributed by atoms with van der Waals surface area (Å²) < 4.78 is 13.5. The third-order valence-corrected chi connectivity index (χ3v) is 3.33. The number of piperidine rings is 1. The van der Waals surface area contributed by atoms with Crippen molar-refractivity contribution in [1.82, 2.24) is 5.32 Å². The average Bonchev–Trinajstić information content (AvgIpc) is 2.27. The summed E-state index contributed by atoms with van der Waals surface area (Å²) in [5.74, 6) is -0.0963. The Morgan fingerprint density at radius 2 is 2.31 bits per heavy atom. The number of nitrogens with one attached hydrogen (secondary N) is 1. The van der Waals surface area contributed by atoms with Crippen LogP contribution < -0.4 is 5.32 Å². The minimum Gasteiger partial charge on any atom is -0.506 e. The van der Waals surface area contributed by atoms with E-state index in [9.17, 15) is 9.50 Å². The van der Waals surface area contributed by atoms with Crippen molar-refractivity contribution in [2.75, 3.05) is 13.1 Å². The minimum atomic E-state index is -0.368. The van der Waals surface area contributed by atoms with Gasteiger partial charge in [-0.25, -0.2) is 4.39 Å². The van der Waals surface area contributed by atoms with E-state index in [1.807, 2.05) is 0 Å². The summed E-state index contributed by atoms with van der Waals surface area (Å²) in [6, 6.07) is 2.62. The lowest BCUT2D eigenvalue weighted by atomic mass is 9.92. The van der Waals surface area contributed by atoms with E-state index in [0.29, 0.717) is 17.9 Å². The molecule has 88 valence electrons. The van der Waals surface area contributed by atoms with Gasteiger partial charge >= 0.3 is 0 Å². The van der Waals surface area contributed by atoms with Crippen LogP contribution in [0.2, 0.25) is 5.02 Å². The first-order valence-electron chi connectivity index (χ1n) is 5.54. The van der Waals surface area contributed by atoms with Crippen molar-refractivity contribution < 1.29 is 9.50 Å². The lowest BCUT2D eigenvalue weighted by Crippen LogP contribution is -2.31. The topological polar surface area (TPSA) is 32.3 Å². The number of phenols is 1. The number of halogens is 2. The van der Waals surface area contributed by atoms with Crippen molar-refractivity contribution >= 4 is 11.6 Å². The molecule has 1 heterocycles. The van der Waals surface area contributed by atoms with Gasteiger partial charge in [0.15, 0.2) is 0 Å². The summed E-state index contributed by atoms with van der Waals surface area (Å²) in [4.78, 5) is 0. The van der Waals surface area contributed by atoms with E-state index in [1.165, 1.54) is 6.07 Å². The summed E-state index contributed by atoms with van der Waals surface area (Å²) in [5, 5.41) is 12.8. The highest BCUT2D eigenvalue weighted by Gasteiger charge is 2.16. The molecule has 1 aromatic rings. The van der Waals surface area contributed by atoms with Crippen LogP contribution in [0.25, 0.3) is 0 Å². The zero-order valence-corrected chi connectivity index (χ0v) is 9.73. The van der Waals surface area contributed by atoms with Gasteiger partial charge in [0.1, 0.15) is 11.6 Å². The molecule has 0 radical (unpaired) electrons. The third kappa shape index (κ3) is 2.66. The lowest BCUT2D eigenvalue weighted by Gasteiger charge is -2.23. The largest absolute Gasteiger partial charge is 0.506 e. The molecule has 0 spiro atoms. The van der Waals surface area contributed by atoms with Gasteiger partial charge in [-0.15, -0.1) is 0 Å². The molecule has 2 N–H and O–H groups in total. The quantitative estimate of drug-likeness (QED) is 0.837. The highest BCUT2D eigenvalue weighted by Crippen LogP contribution is 2.28. The maximum absolute atomic E-state index is 13.5. The molecule has 1 unspecified atom stereocenters. The predicted molar refractivity (Wildman–Crippen MR) is 62.4 cm³/mol. The molecular formula is C12H15ClFNO. The van der Waals surface area contributed by atoms with Crippen LogP contribution in [0.15, 0.2) is 12.1 Å². The minimum absolute atomic E-state index is 0.190. The van der Waals surface area contributed by atoms with Gasteiger partial charge in [-0.3, -0.25) is 0 Å². The summed E-state index contributed by atoms with van der Waals surface area (Å²) in [6.07, 6.45) is 2.93. The molecule has 0 saturated carbocycles. The molecule has 1 atom stereocenters. The van der Waals surface area contributed by atoms with Gasteiger partial charge in [0.2, 0.25) is 0 Å². The normalized spacial score (nSPS) is 21.0. The summed E-state index contributed by atoms with van der Waals surface area (Å²) in [7, 11) is 0. The van der Waals surface area contributed by atoms with Gasteiger partial charge in [0.05, 0.1) is 5.02 Å². The van der Waals surface area contributed by atoms with Gasteiger partial charge in [-0.1, -0.05) is 11.6 Å². The number of rotatable bonds is 2. The van der Waals surface area contributed by atoms with Crippen LogP contribution in [0, 0.1) is 11.7 Å². The zero-order chi connectivity index (χ0) is 11.5. The van der Waals surface area contributed by atoms with E-state index in [4.69, 9.17) is 11.6 Å². The van der Waals surface area contributed by atoms with Crippen molar-refractivity contribution in [3.63, 3.8) is 0 Å². The van der Waals surface area contributed by atoms with E-state index in [0.717, 1.165) is 32.0 Å². The van der Waals surface area contributed by atoms with Crippen molar-refractivity contribution in [3.8, 4) is 5.75 Å². The maximum Gasteiger partial charge on any atom is 0.137 e. The third-order valence-electron chi connectivity index (χ3n) is 3.02. The van der Waals surface area contributed by atoms with Crippen molar-refractivity contribution in [2.45, 2.75) is 19.3 Å². The molecule has 0 amide bonds. The molecule has 2 rings (SSSR count). The van der Waals surface area contributed by atoms with E-state index in [-0.39, 0.29) is 16.6 Å². The van der Waals surface area contributed by atoms with Gasteiger partial charge in [0, 0.05) is 6.07 Å². The second-order valence-electron chi connectivity index (χ2n) is 4.31. The lowest BCUT2D eigenvalue weighted by molar-refractivity contribution is 0.371. The van der Waals surface area contributed by atoms with Gasteiger partial charge in [-0.05, 0) is 49.9 Å². The second kappa shape index (κ2) is 5.02. The molecule has 16 heavy (non-hydrogen) atoms. The first-order chi connectivity index (χ1) is 7.66. The number of phenolic OH excluding ortho intramolecular Hbond substituents is 1. The summed E-state index contributed by atoms with van der Waals surface area (Å²) in [6.45, 7) is 1.98. The fourth-order valence-electron chi connectivity index (χ4n) is 2.14.